The zero-order valence-electron chi connectivity index (χ0n) is 15.3. The van der Waals surface area contributed by atoms with Gasteiger partial charge in [0.1, 0.15) is 6.42 Å². The molecule has 202 valence electrons. The molecule has 0 rings (SSSR count). The maximum Gasteiger partial charge on any atom is 0.438 e. The molecule has 0 saturated heterocycles. The summed E-state index contributed by atoms with van der Waals surface area (Å²) in [6, 6.07) is 0. The van der Waals surface area contributed by atoms with Crippen LogP contribution in [0.4, 0.5) is 74.6 Å². The van der Waals surface area contributed by atoms with Gasteiger partial charge in [-0.15, -0.1) is 0 Å². The maximum atomic E-state index is 13.2. The minimum absolute atomic E-state index is 1.88. The lowest BCUT2D eigenvalue weighted by Gasteiger charge is -2.42. The standard InChI is InChI=1S/C9H3F17O3S.C2H7N/c10-2(11,1-3(12,13)14)4(15,16)5(17,18)6(19,20)7(21,22)8(23,24)9(25,26)30(27,28)29;1-3-2/h1H2,(H,27,28,29);3H,1-2H3. The van der Waals surface area contributed by atoms with Crippen LogP contribution in [-0.2, 0) is 10.1 Å². The molecule has 4 nitrogen and oxygen atoms in total. The zero-order valence-corrected chi connectivity index (χ0v) is 16.1. The average Bonchev–Trinajstić information content (AvgIpc) is 2.51. The summed E-state index contributed by atoms with van der Waals surface area (Å²) in [5.41, 5.74) is 0. The molecule has 0 saturated carbocycles. The summed E-state index contributed by atoms with van der Waals surface area (Å²) in [5, 5.41) is -5.05. The molecule has 0 unspecified atom stereocenters. The first-order valence-electron chi connectivity index (χ1n) is 7.14. The molecule has 0 aromatic carbocycles. The van der Waals surface area contributed by atoms with Crippen molar-refractivity contribution in [3.63, 3.8) is 0 Å². The summed E-state index contributed by atoms with van der Waals surface area (Å²) in [6.45, 7) is 0. The van der Waals surface area contributed by atoms with Crippen molar-refractivity contribution in [2.45, 2.75) is 53.4 Å². The van der Waals surface area contributed by atoms with E-state index in [9.17, 15) is 83.1 Å². The Hall–Kier alpha value is -1.32. The maximum absolute atomic E-state index is 13.2. The van der Waals surface area contributed by atoms with E-state index in [2.05, 4.69) is 5.32 Å². The van der Waals surface area contributed by atoms with E-state index in [0.29, 0.717) is 0 Å². The Morgan fingerprint density at radius 2 is 0.818 bits per heavy atom. The van der Waals surface area contributed by atoms with E-state index in [4.69, 9.17) is 4.55 Å². The third-order valence-electron chi connectivity index (χ3n) is 3.15. The lowest BCUT2D eigenvalue weighted by atomic mass is 9.90. The predicted molar refractivity (Wildman–Crippen MR) is 71.8 cm³/mol. The third-order valence-corrected chi connectivity index (χ3v) is 4.05. The molecule has 0 aliphatic heterocycles. The summed E-state index contributed by atoms with van der Waals surface area (Å²) < 4.78 is 245. The van der Waals surface area contributed by atoms with Crippen molar-refractivity contribution in [3.05, 3.63) is 0 Å². The molecule has 0 atom stereocenters. The highest BCUT2D eigenvalue weighted by Crippen LogP contribution is 2.63. The molecule has 2 N–H and O–H groups in total. The molecule has 0 bridgehead atoms. The van der Waals surface area contributed by atoms with Crippen molar-refractivity contribution in [1.82, 2.24) is 5.32 Å². The topological polar surface area (TPSA) is 66.4 Å². The van der Waals surface area contributed by atoms with Gasteiger partial charge in [0.2, 0.25) is 0 Å². The molecule has 0 heterocycles. The minimum Gasteiger partial charge on any atom is -0.323 e. The van der Waals surface area contributed by atoms with Crippen LogP contribution in [0.2, 0.25) is 0 Å². The molecular weight excluding hydrogens is 549 g/mol. The third kappa shape index (κ3) is 5.51. The highest BCUT2D eigenvalue weighted by Gasteiger charge is 2.94. The van der Waals surface area contributed by atoms with Gasteiger partial charge in [0.05, 0.1) is 0 Å². The molecule has 33 heavy (non-hydrogen) atoms. The fourth-order valence-corrected chi connectivity index (χ4v) is 1.98. The Balaban J connectivity index is 0. The summed E-state index contributed by atoms with van der Waals surface area (Å²) in [6.07, 6.45) is -10.9. The highest BCUT2D eigenvalue weighted by molar-refractivity contribution is 7.87. The largest absolute Gasteiger partial charge is 0.438 e. The van der Waals surface area contributed by atoms with Crippen LogP contribution >= 0.6 is 0 Å². The van der Waals surface area contributed by atoms with Gasteiger partial charge in [0.15, 0.2) is 0 Å². The fourth-order valence-electron chi connectivity index (χ4n) is 1.53. The molecular formula is C11H10F17NO3S. The SMILES string of the molecule is CNC.O=S(=O)(O)C(F)(F)C(F)(F)C(F)(F)C(F)(F)C(F)(F)C(F)(F)C(F)(F)CC(F)(F)F. The van der Waals surface area contributed by atoms with Crippen LogP contribution in [0.3, 0.4) is 0 Å². The van der Waals surface area contributed by atoms with Gasteiger partial charge in [-0.25, -0.2) is 0 Å². The second-order valence-electron chi connectivity index (χ2n) is 5.86. The molecule has 0 aromatic rings. The van der Waals surface area contributed by atoms with Crippen LogP contribution in [-0.4, -0.2) is 74.0 Å². The Morgan fingerprint density at radius 3 is 1.06 bits per heavy atom. The van der Waals surface area contributed by atoms with Crippen molar-refractivity contribution in [2.75, 3.05) is 14.1 Å². The number of hydrogen-bond donors (Lipinski definition) is 2. The second-order valence-corrected chi connectivity index (χ2v) is 7.32. The van der Waals surface area contributed by atoms with Gasteiger partial charge >= 0.3 is 57.1 Å². The predicted octanol–water partition coefficient (Wildman–Crippen LogP) is 5.07. The molecule has 0 aliphatic carbocycles. The Morgan fingerprint density at radius 1 is 0.576 bits per heavy atom. The minimum atomic E-state index is -8.75. The normalized spacial score (nSPS) is 15.8. The van der Waals surface area contributed by atoms with Crippen LogP contribution in [0.25, 0.3) is 0 Å². The molecule has 0 aliphatic rings. The summed E-state index contributed by atoms with van der Waals surface area (Å²) in [5.74, 6) is -50.1. The fraction of sp³-hybridized carbons (Fsp3) is 1.00. The molecule has 0 spiro atoms. The van der Waals surface area contributed by atoms with Crippen LogP contribution in [0.1, 0.15) is 6.42 Å². The highest BCUT2D eigenvalue weighted by atomic mass is 32.2. The Kier molecular flexibility index (Phi) is 9.27. The van der Waals surface area contributed by atoms with E-state index >= 15 is 0 Å². The van der Waals surface area contributed by atoms with E-state index in [1.54, 1.807) is 0 Å². The van der Waals surface area contributed by atoms with Gasteiger partial charge in [-0.05, 0) is 14.1 Å². The zero-order chi connectivity index (χ0) is 27.9. The lowest BCUT2D eigenvalue weighted by Crippen LogP contribution is -2.73. The lowest BCUT2D eigenvalue weighted by molar-refractivity contribution is -0.439. The summed E-state index contributed by atoms with van der Waals surface area (Å²) in [7, 11) is -4.11. The van der Waals surface area contributed by atoms with Gasteiger partial charge < -0.3 is 5.32 Å². The molecule has 0 radical (unpaired) electrons. The van der Waals surface area contributed by atoms with E-state index in [0.717, 1.165) is 0 Å². The van der Waals surface area contributed by atoms with E-state index in [1.165, 1.54) is 0 Å². The summed E-state index contributed by atoms with van der Waals surface area (Å²) in [4.78, 5) is 0. The van der Waals surface area contributed by atoms with Crippen LogP contribution in [0.15, 0.2) is 0 Å². The molecule has 22 heteroatoms. The van der Waals surface area contributed by atoms with Gasteiger partial charge in [-0.1, -0.05) is 0 Å². The van der Waals surface area contributed by atoms with E-state index < -0.39 is 63.5 Å². The monoisotopic (exact) mass is 559 g/mol. The number of hydrogen-bond acceptors (Lipinski definition) is 3. The number of halogens is 17. The average molecular weight is 559 g/mol. The van der Waals surface area contributed by atoms with E-state index in [-0.39, 0.29) is 0 Å². The van der Waals surface area contributed by atoms with E-state index in [1.807, 2.05) is 14.1 Å². The first-order chi connectivity index (χ1) is 13.9. The van der Waals surface area contributed by atoms with Crippen LogP contribution < -0.4 is 5.32 Å². The number of rotatable bonds is 8. The smallest absolute Gasteiger partial charge is 0.323 e. The van der Waals surface area contributed by atoms with Crippen LogP contribution in [0, 0.1) is 0 Å². The van der Waals surface area contributed by atoms with Gasteiger partial charge in [-0.2, -0.15) is 83.1 Å². The first-order valence-corrected chi connectivity index (χ1v) is 8.58. The molecule has 0 aromatic heterocycles. The van der Waals surface area contributed by atoms with Crippen molar-refractivity contribution >= 4 is 10.1 Å². The van der Waals surface area contributed by atoms with Crippen molar-refractivity contribution in [2.24, 2.45) is 0 Å². The number of alkyl halides is 17. The molecule has 0 fully saturated rings. The first kappa shape index (κ1) is 33.9. The van der Waals surface area contributed by atoms with Gasteiger partial charge in [0, 0.05) is 0 Å². The number of nitrogens with one attached hydrogen (secondary N) is 1. The van der Waals surface area contributed by atoms with Crippen molar-refractivity contribution in [1.29, 1.82) is 0 Å². The molecule has 0 amide bonds. The van der Waals surface area contributed by atoms with Gasteiger partial charge in [0.25, 0.3) is 0 Å². The second kappa shape index (κ2) is 9.04. The van der Waals surface area contributed by atoms with Gasteiger partial charge in [-0.3, -0.25) is 4.55 Å². The van der Waals surface area contributed by atoms with Crippen LogP contribution in [0.5, 0.6) is 0 Å². The Labute approximate surface area is 171 Å². The van der Waals surface area contributed by atoms with Crippen molar-refractivity contribution < 1.29 is 87.6 Å². The van der Waals surface area contributed by atoms with Crippen molar-refractivity contribution in [3.8, 4) is 0 Å². The Bertz CT molecular complexity index is 774. The quantitative estimate of drug-likeness (QED) is 0.322. The summed E-state index contributed by atoms with van der Waals surface area (Å²) >= 11 is 0.